The summed E-state index contributed by atoms with van der Waals surface area (Å²) in [4.78, 5) is 4.45. The van der Waals surface area contributed by atoms with Gasteiger partial charge < -0.3 is 14.6 Å². The maximum absolute atomic E-state index is 5.76. The summed E-state index contributed by atoms with van der Waals surface area (Å²) in [7, 11) is 1.93. The van der Waals surface area contributed by atoms with E-state index in [9.17, 15) is 0 Å². The third-order valence-corrected chi connectivity index (χ3v) is 2.97. The molecule has 20 heavy (non-hydrogen) atoms. The van der Waals surface area contributed by atoms with Crippen molar-refractivity contribution in [3.8, 4) is 0 Å². The average Bonchev–Trinajstić information content (AvgIpc) is 2.94. The third kappa shape index (κ3) is 3.88. The van der Waals surface area contributed by atoms with E-state index >= 15 is 0 Å². The van der Waals surface area contributed by atoms with Crippen LogP contribution in [0, 0.1) is 0 Å². The summed E-state index contributed by atoms with van der Waals surface area (Å²) in [6, 6.07) is 9.96. The van der Waals surface area contributed by atoms with Crippen LogP contribution in [0.2, 0.25) is 0 Å². The molecular formula is C15H21N3O2. The summed E-state index contributed by atoms with van der Waals surface area (Å²) in [5.74, 6) is 1.26. The van der Waals surface area contributed by atoms with Crippen LogP contribution >= 0.6 is 0 Å². The number of aryl methyl sites for hydroxylation is 1. The minimum atomic E-state index is -0.261. The minimum Gasteiger partial charge on any atom is -0.366 e. The maximum Gasteiger partial charge on any atom is 0.226 e. The first kappa shape index (κ1) is 14.7. The van der Waals surface area contributed by atoms with E-state index < -0.39 is 0 Å². The summed E-state index contributed by atoms with van der Waals surface area (Å²) in [5.41, 5.74) is 1.04. The number of hydrogen-bond donors (Lipinski definition) is 1. The zero-order chi connectivity index (χ0) is 14.2. The predicted molar refractivity (Wildman–Crippen MR) is 76.5 cm³/mol. The third-order valence-electron chi connectivity index (χ3n) is 2.97. The van der Waals surface area contributed by atoms with E-state index in [2.05, 4.69) is 15.5 Å². The summed E-state index contributed by atoms with van der Waals surface area (Å²) in [6.45, 7) is 3.50. The molecule has 1 unspecified atom stereocenters. The number of benzene rings is 1. The number of hydrogen-bond acceptors (Lipinski definition) is 5. The Bertz CT molecular complexity index is 499. The van der Waals surface area contributed by atoms with E-state index in [-0.39, 0.29) is 6.10 Å². The van der Waals surface area contributed by atoms with Crippen molar-refractivity contribution in [2.45, 2.75) is 25.9 Å². The van der Waals surface area contributed by atoms with Crippen LogP contribution in [0.15, 0.2) is 34.9 Å². The lowest BCUT2D eigenvalue weighted by Crippen LogP contribution is -2.09. The Kier molecular flexibility index (Phi) is 5.70. The number of nitrogens with zero attached hydrogens (tertiary/aromatic N) is 2. The molecule has 0 spiro atoms. The zero-order valence-corrected chi connectivity index (χ0v) is 12.0. The summed E-state index contributed by atoms with van der Waals surface area (Å²) in [5, 5.41) is 7.16. The Morgan fingerprint density at radius 3 is 2.80 bits per heavy atom. The molecule has 0 bridgehead atoms. The monoisotopic (exact) mass is 275 g/mol. The van der Waals surface area contributed by atoms with Gasteiger partial charge in [0.05, 0.1) is 0 Å². The van der Waals surface area contributed by atoms with Crippen molar-refractivity contribution in [2.24, 2.45) is 0 Å². The molecular weight excluding hydrogens is 254 g/mol. The van der Waals surface area contributed by atoms with Crippen LogP contribution in [-0.4, -0.2) is 30.3 Å². The molecule has 2 rings (SSSR count). The van der Waals surface area contributed by atoms with Gasteiger partial charge >= 0.3 is 0 Å². The van der Waals surface area contributed by atoms with Crippen LogP contribution in [0.1, 0.15) is 36.7 Å². The molecule has 0 amide bonds. The highest BCUT2D eigenvalue weighted by Gasteiger charge is 2.20. The number of rotatable bonds is 8. The van der Waals surface area contributed by atoms with Gasteiger partial charge in [0.15, 0.2) is 0 Å². The molecule has 0 aliphatic rings. The van der Waals surface area contributed by atoms with Gasteiger partial charge in [0.25, 0.3) is 0 Å². The molecule has 1 N–H and O–H groups in total. The summed E-state index contributed by atoms with van der Waals surface area (Å²) in [6.07, 6.45) is 1.49. The second kappa shape index (κ2) is 7.77. The molecule has 5 nitrogen and oxygen atoms in total. The largest absolute Gasteiger partial charge is 0.366 e. The van der Waals surface area contributed by atoms with E-state index in [0.29, 0.717) is 18.3 Å². The Hall–Kier alpha value is -1.72. The molecule has 0 saturated carbocycles. The number of aromatic nitrogens is 2. The highest BCUT2D eigenvalue weighted by atomic mass is 16.5. The highest BCUT2D eigenvalue weighted by Crippen LogP contribution is 2.23. The molecule has 1 atom stereocenters. The van der Waals surface area contributed by atoms with E-state index in [0.717, 1.165) is 24.9 Å². The van der Waals surface area contributed by atoms with Crippen LogP contribution < -0.4 is 5.32 Å². The highest BCUT2D eigenvalue weighted by molar-refractivity contribution is 5.22. The van der Waals surface area contributed by atoms with Gasteiger partial charge in [0.1, 0.15) is 6.10 Å². The Balaban J connectivity index is 2.10. The van der Waals surface area contributed by atoms with Crippen molar-refractivity contribution >= 4 is 0 Å². The van der Waals surface area contributed by atoms with E-state index in [1.54, 1.807) is 0 Å². The fraction of sp³-hybridized carbons (Fsp3) is 0.467. The minimum absolute atomic E-state index is 0.261. The molecule has 108 valence electrons. The lowest BCUT2D eigenvalue weighted by Gasteiger charge is -2.13. The molecule has 0 radical (unpaired) electrons. The van der Waals surface area contributed by atoms with Gasteiger partial charge in [0.2, 0.25) is 11.7 Å². The van der Waals surface area contributed by atoms with E-state index in [1.165, 1.54) is 0 Å². The summed E-state index contributed by atoms with van der Waals surface area (Å²) < 4.78 is 11.0. The van der Waals surface area contributed by atoms with Crippen molar-refractivity contribution in [2.75, 3.05) is 20.2 Å². The zero-order valence-electron chi connectivity index (χ0n) is 12.0. The van der Waals surface area contributed by atoms with E-state index in [1.807, 2.05) is 44.3 Å². The van der Waals surface area contributed by atoms with Gasteiger partial charge in [-0.3, -0.25) is 0 Å². The van der Waals surface area contributed by atoms with Crippen LogP contribution in [-0.2, 0) is 11.2 Å². The molecule has 0 fully saturated rings. The van der Waals surface area contributed by atoms with Crippen LogP contribution in [0.4, 0.5) is 0 Å². The summed E-state index contributed by atoms with van der Waals surface area (Å²) >= 11 is 0. The van der Waals surface area contributed by atoms with Gasteiger partial charge in [-0.15, -0.1) is 0 Å². The molecule has 2 aromatic rings. The van der Waals surface area contributed by atoms with Gasteiger partial charge in [-0.2, -0.15) is 4.98 Å². The Labute approximate surface area is 119 Å². The first-order valence-corrected chi connectivity index (χ1v) is 6.98. The molecule has 1 heterocycles. The first-order valence-electron chi connectivity index (χ1n) is 6.98. The average molecular weight is 275 g/mol. The van der Waals surface area contributed by atoms with E-state index in [4.69, 9.17) is 9.26 Å². The van der Waals surface area contributed by atoms with Gasteiger partial charge in [-0.05, 0) is 32.5 Å². The number of nitrogens with one attached hydrogen (secondary N) is 1. The van der Waals surface area contributed by atoms with Crippen molar-refractivity contribution in [3.63, 3.8) is 0 Å². The van der Waals surface area contributed by atoms with Gasteiger partial charge in [-0.25, -0.2) is 0 Å². The molecule has 0 aliphatic heterocycles. The second-order valence-corrected chi connectivity index (χ2v) is 4.50. The normalized spacial score (nSPS) is 12.5. The van der Waals surface area contributed by atoms with Gasteiger partial charge in [0, 0.05) is 13.0 Å². The number of ether oxygens (including phenoxy) is 1. The van der Waals surface area contributed by atoms with Crippen molar-refractivity contribution in [1.82, 2.24) is 15.5 Å². The maximum atomic E-state index is 5.76. The first-order chi connectivity index (χ1) is 9.85. The van der Waals surface area contributed by atoms with Crippen LogP contribution in [0.3, 0.4) is 0 Å². The fourth-order valence-electron chi connectivity index (χ4n) is 2.01. The lowest BCUT2D eigenvalue weighted by molar-refractivity contribution is 0.0833. The molecule has 0 aliphatic carbocycles. The Morgan fingerprint density at radius 2 is 2.10 bits per heavy atom. The van der Waals surface area contributed by atoms with Gasteiger partial charge in [-0.1, -0.05) is 35.5 Å². The molecule has 5 heteroatoms. The van der Waals surface area contributed by atoms with Crippen LogP contribution in [0.5, 0.6) is 0 Å². The molecule has 0 saturated heterocycles. The predicted octanol–water partition coefficient (Wildman–Crippen LogP) is 2.35. The van der Waals surface area contributed by atoms with Crippen molar-refractivity contribution in [3.05, 3.63) is 47.6 Å². The SMILES string of the molecule is CCOC(c1ccccc1)c1noc(CCCNC)n1. The van der Waals surface area contributed by atoms with Crippen molar-refractivity contribution < 1.29 is 9.26 Å². The quantitative estimate of drug-likeness (QED) is 0.749. The lowest BCUT2D eigenvalue weighted by atomic mass is 10.1. The smallest absolute Gasteiger partial charge is 0.226 e. The molecule has 1 aromatic carbocycles. The second-order valence-electron chi connectivity index (χ2n) is 4.50. The fourth-order valence-corrected chi connectivity index (χ4v) is 2.01. The topological polar surface area (TPSA) is 60.2 Å². The van der Waals surface area contributed by atoms with Crippen molar-refractivity contribution in [1.29, 1.82) is 0 Å². The molecule has 1 aromatic heterocycles. The standard InChI is InChI=1S/C15H21N3O2/c1-3-19-14(12-8-5-4-6-9-12)15-17-13(20-18-15)10-7-11-16-2/h4-6,8-9,14,16H,3,7,10-11H2,1-2H3. The Morgan fingerprint density at radius 1 is 1.30 bits per heavy atom. The van der Waals surface area contributed by atoms with Crippen LogP contribution in [0.25, 0.3) is 0 Å².